The summed E-state index contributed by atoms with van der Waals surface area (Å²) in [4.78, 5) is 52.5. The third-order valence-corrected chi connectivity index (χ3v) is 3.50. The van der Waals surface area contributed by atoms with Crippen LogP contribution in [0.3, 0.4) is 0 Å². The number of benzene rings is 1. The standard InChI is InChI=1S/C16H12N4O4/c17-14(22)13-11(6-3-7-18-13)19-12(21)8-20-15(23)9-4-1-2-5-10(9)16(20)24/h1-7H,8H2,(H2,17,22)(H,19,21). The molecule has 0 bridgehead atoms. The number of rotatable bonds is 4. The zero-order chi connectivity index (χ0) is 17.3. The molecule has 1 aromatic carbocycles. The Morgan fingerprint density at radius 2 is 1.67 bits per heavy atom. The zero-order valence-electron chi connectivity index (χ0n) is 12.4. The topological polar surface area (TPSA) is 122 Å². The van der Waals surface area contributed by atoms with Crippen molar-refractivity contribution >= 4 is 29.3 Å². The van der Waals surface area contributed by atoms with E-state index in [-0.39, 0.29) is 22.5 Å². The normalized spacial score (nSPS) is 12.9. The molecule has 2 heterocycles. The van der Waals surface area contributed by atoms with Gasteiger partial charge in [-0.15, -0.1) is 0 Å². The van der Waals surface area contributed by atoms with Gasteiger partial charge in [0.25, 0.3) is 17.7 Å². The lowest BCUT2D eigenvalue weighted by atomic mass is 10.1. The summed E-state index contributed by atoms with van der Waals surface area (Å²) in [6, 6.07) is 9.31. The number of carbonyl (C=O) groups excluding carboxylic acids is 4. The lowest BCUT2D eigenvalue weighted by Gasteiger charge is -2.14. The summed E-state index contributed by atoms with van der Waals surface area (Å²) >= 11 is 0. The lowest BCUT2D eigenvalue weighted by Crippen LogP contribution is -2.37. The quantitative estimate of drug-likeness (QED) is 0.789. The largest absolute Gasteiger partial charge is 0.364 e. The first-order valence-corrected chi connectivity index (χ1v) is 6.99. The highest BCUT2D eigenvalue weighted by molar-refractivity contribution is 6.22. The van der Waals surface area contributed by atoms with Crippen molar-refractivity contribution in [2.45, 2.75) is 0 Å². The Morgan fingerprint density at radius 3 is 2.25 bits per heavy atom. The Kier molecular flexibility index (Phi) is 3.78. The van der Waals surface area contributed by atoms with Gasteiger partial charge in [-0.25, -0.2) is 4.98 Å². The van der Waals surface area contributed by atoms with Crippen molar-refractivity contribution in [2.24, 2.45) is 5.73 Å². The van der Waals surface area contributed by atoms with Crippen LogP contribution in [0.5, 0.6) is 0 Å². The number of nitrogens with one attached hydrogen (secondary N) is 1. The Labute approximate surface area is 136 Å². The molecule has 0 atom stereocenters. The second kappa shape index (κ2) is 5.92. The third kappa shape index (κ3) is 2.60. The van der Waals surface area contributed by atoms with Crippen LogP contribution >= 0.6 is 0 Å². The van der Waals surface area contributed by atoms with E-state index in [4.69, 9.17) is 5.73 Å². The van der Waals surface area contributed by atoms with Gasteiger partial charge in [-0.05, 0) is 24.3 Å². The monoisotopic (exact) mass is 324 g/mol. The Balaban J connectivity index is 1.77. The van der Waals surface area contributed by atoms with Crippen molar-refractivity contribution in [1.29, 1.82) is 0 Å². The van der Waals surface area contributed by atoms with Crippen molar-refractivity contribution in [1.82, 2.24) is 9.88 Å². The van der Waals surface area contributed by atoms with Gasteiger partial charge in [-0.1, -0.05) is 12.1 Å². The molecule has 0 fully saturated rings. The fourth-order valence-corrected chi connectivity index (χ4v) is 2.42. The van der Waals surface area contributed by atoms with Crippen LogP contribution in [0.25, 0.3) is 0 Å². The highest BCUT2D eigenvalue weighted by Crippen LogP contribution is 2.22. The Morgan fingerprint density at radius 1 is 1.04 bits per heavy atom. The van der Waals surface area contributed by atoms with Gasteiger partial charge in [0, 0.05) is 6.20 Å². The van der Waals surface area contributed by atoms with E-state index in [2.05, 4.69) is 10.3 Å². The second-order valence-electron chi connectivity index (χ2n) is 5.05. The first kappa shape index (κ1) is 15.3. The molecule has 2 aromatic rings. The predicted octanol–water partition coefficient (Wildman–Crippen LogP) is 0.415. The van der Waals surface area contributed by atoms with Crippen LogP contribution in [-0.4, -0.2) is 40.1 Å². The molecule has 24 heavy (non-hydrogen) atoms. The van der Waals surface area contributed by atoms with Crippen LogP contribution in [-0.2, 0) is 4.79 Å². The van der Waals surface area contributed by atoms with Crippen LogP contribution in [0.4, 0.5) is 5.69 Å². The van der Waals surface area contributed by atoms with Crippen LogP contribution in [0.1, 0.15) is 31.2 Å². The van der Waals surface area contributed by atoms with Gasteiger partial charge in [0.05, 0.1) is 16.8 Å². The highest BCUT2D eigenvalue weighted by atomic mass is 16.2. The number of imide groups is 1. The third-order valence-electron chi connectivity index (χ3n) is 3.50. The van der Waals surface area contributed by atoms with E-state index in [9.17, 15) is 19.2 Å². The molecule has 0 saturated carbocycles. The first-order valence-electron chi connectivity index (χ1n) is 6.99. The second-order valence-corrected chi connectivity index (χ2v) is 5.05. The van der Waals surface area contributed by atoms with Crippen LogP contribution < -0.4 is 11.1 Å². The number of pyridine rings is 1. The molecular weight excluding hydrogens is 312 g/mol. The number of hydrogen-bond acceptors (Lipinski definition) is 5. The molecule has 0 spiro atoms. The number of aromatic nitrogens is 1. The number of nitrogens with two attached hydrogens (primary N) is 1. The molecule has 8 nitrogen and oxygen atoms in total. The average Bonchev–Trinajstić information content (AvgIpc) is 2.80. The molecule has 0 radical (unpaired) electrons. The van der Waals surface area contributed by atoms with Crippen LogP contribution in [0, 0.1) is 0 Å². The van der Waals surface area contributed by atoms with Gasteiger partial charge in [0.2, 0.25) is 5.91 Å². The zero-order valence-corrected chi connectivity index (χ0v) is 12.4. The molecule has 4 amide bonds. The molecule has 1 aromatic heterocycles. The molecular formula is C16H12N4O4. The molecule has 1 aliphatic heterocycles. The summed E-state index contributed by atoms with van der Waals surface area (Å²) < 4.78 is 0. The number of hydrogen-bond donors (Lipinski definition) is 2. The smallest absolute Gasteiger partial charge is 0.269 e. The minimum Gasteiger partial charge on any atom is -0.364 e. The minimum absolute atomic E-state index is 0.104. The lowest BCUT2D eigenvalue weighted by molar-refractivity contribution is -0.116. The van der Waals surface area contributed by atoms with Crippen molar-refractivity contribution in [2.75, 3.05) is 11.9 Å². The average molecular weight is 324 g/mol. The van der Waals surface area contributed by atoms with Crippen molar-refractivity contribution < 1.29 is 19.2 Å². The SMILES string of the molecule is NC(=O)c1ncccc1NC(=O)CN1C(=O)c2ccccc2C1=O. The predicted molar refractivity (Wildman–Crippen MR) is 83.2 cm³/mol. The van der Waals surface area contributed by atoms with E-state index in [0.29, 0.717) is 0 Å². The van der Waals surface area contributed by atoms with E-state index >= 15 is 0 Å². The first-order chi connectivity index (χ1) is 11.5. The van der Waals surface area contributed by atoms with Gasteiger partial charge in [0.15, 0.2) is 5.69 Å². The Hall–Kier alpha value is -3.55. The minimum atomic E-state index is -0.799. The summed E-state index contributed by atoms with van der Waals surface area (Å²) in [5.74, 6) is -2.51. The molecule has 0 saturated heterocycles. The maximum absolute atomic E-state index is 12.2. The van der Waals surface area contributed by atoms with Crippen molar-refractivity contribution in [3.8, 4) is 0 Å². The number of anilines is 1. The summed E-state index contributed by atoms with van der Waals surface area (Å²) in [5.41, 5.74) is 5.72. The molecule has 3 rings (SSSR count). The van der Waals surface area contributed by atoms with E-state index in [1.807, 2.05) is 0 Å². The van der Waals surface area contributed by atoms with Gasteiger partial charge in [-0.2, -0.15) is 0 Å². The number of fused-ring (bicyclic) bond motifs is 1. The van der Waals surface area contributed by atoms with Gasteiger partial charge in [0.1, 0.15) is 6.54 Å². The molecule has 0 unspecified atom stereocenters. The number of carbonyl (C=O) groups is 4. The van der Waals surface area contributed by atoms with E-state index in [1.54, 1.807) is 12.1 Å². The van der Waals surface area contributed by atoms with Crippen molar-refractivity contribution in [3.05, 3.63) is 59.4 Å². The number of nitrogens with zero attached hydrogens (tertiary/aromatic N) is 2. The fraction of sp³-hybridized carbons (Fsp3) is 0.0625. The highest BCUT2D eigenvalue weighted by Gasteiger charge is 2.36. The Bertz CT molecular complexity index is 843. The summed E-state index contributed by atoms with van der Waals surface area (Å²) in [5, 5.41) is 2.44. The number of primary amides is 1. The van der Waals surface area contributed by atoms with Gasteiger partial charge < -0.3 is 11.1 Å². The maximum Gasteiger partial charge on any atom is 0.269 e. The summed E-state index contributed by atoms with van der Waals surface area (Å²) in [7, 11) is 0. The molecule has 8 heteroatoms. The molecule has 120 valence electrons. The maximum atomic E-state index is 12.2. The van der Waals surface area contributed by atoms with Crippen molar-refractivity contribution in [3.63, 3.8) is 0 Å². The van der Waals surface area contributed by atoms with E-state index in [1.165, 1.54) is 30.5 Å². The van der Waals surface area contributed by atoms with E-state index < -0.39 is 30.2 Å². The van der Waals surface area contributed by atoms with E-state index in [0.717, 1.165) is 4.90 Å². The molecule has 1 aliphatic rings. The van der Waals surface area contributed by atoms with Crippen LogP contribution in [0.2, 0.25) is 0 Å². The molecule has 3 N–H and O–H groups in total. The number of amides is 4. The molecule has 0 aliphatic carbocycles. The fourth-order valence-electron chi connectivity index (χ4n) is 2.42. The summed E-state index contributed by atoms with van der Waals surface area (Å²) in [6.45, 7) is -0.473. The summed E-state index contributed by atoms with van der Waals surface area (Å²) in [6.07, 6.45) is 1.36. The van der Waals surface area contributed by atoms with Gasteiger partial charge >= 0.3 is 0 Å². The van der Waals surface area contributed by atoms with Crippen LogP contribution in [0.15, 0.2) is 42.6 Å². The van der Waals surface area contributed by atoms with Gasteiger partial charge in [-0.3, -0.25) is 24.1 Å².